The van der Waals surface area contributed by atoms with Crippen molar-refractivity contribution in [1.29, 1.82) is 0 Å². The fourth-order valence-electron chi connectivity index (χ4n) is 1.64. The highest BCUT2D eigenvalue weighted by atomic mass is 19.1. The van der Waals surface area contributed by atoms with Crippen molar-refractivity contribution in [3.05, 3.63) is 42.3 Å². The topological polar surface area (TPSA) is 55.0 Å². The molecule has 0 fully saturated rings. The summed E-state index contributed by atoms with van der Waals surface area (Å²) >= 11 is 0. The zero-order valence-corrected chi connectivity index (χ0v) is 10.2. The zero-order valence-electron chi connectivity index (χ0n) is 10.2. The highest BCUT2D eigenvalue weighted by Gasteiger charge is 2.06. The van der Waals surface area contributed by atoms with E-state index >= 15 is 0 Å². The molecular weight excluding hydrogens is 231 g/mol. The van der Waals surface area contributed by atoms with Gasteiger partial charge < -0.3 is 10.6 Å². The molecule has 2 N–H and O–H groups in total. The number of nitrogens with two attached hydrogens (primary N) is 1. The van der Waals surface area contributed by atoms with Crippen LogP contribution in [0.5, 0.6) is 0 Å². The number of likely N-dealkylation sites (N-methyl/N-ethyl adjacent to an activating group) is 1. The number of hydrogen-bond acceptors (Lipinski definition) is 4. The smallest absolute Gasteiger partial charge is 0.161 e. The minimum absolute atomic E-state index is 0.295. The van der Waals surface area contributed by atoms with Crippen LogP contribution in [0.1, 0.15) is 0 Å². The van der Waals surface area contributed by atoms with E-state index in [1.54, 1.807) is 24.4 Å². The second kappa shape index (κ2) is 5.55. The molecule has 1 aromatic heterocycles. The Hall–Kier alpha value is -2.01. The van der Waals surface area contributed by atoms with E-state index in [9.17, 15) is 4.39 Å². The van der Waals surface area contributed by atoms with Gasteiger partial charge >= 0.3 is 0 Å². The van der Waals surface area contributed by atoms with Gasteiger partial charge in [0.15, 0.2) is 5.82 Å². The van der Waals surface area contributed by atoms with Gasteiger partial charge in [0, 0.05) is 31.9 Å². The van der Waals surface area contributed by atoms with Crippen molar-refractivity contribution in [2.24, 2.45) is 5.73 Å². The average molecular weight is 246 g/mol. The van der Waals surface area contributed by atoms with E-state index in [0.717, 1.165) is 5.82 Å². The summed E-state index contributed by atoms with van der Waals surface area (Å²) in [4.78, 5) is 10.5. The SMILES string of the molecule is CN(CCN)c1ccnc(-c2cccc(F)c2)n1. The monoisotopic (exact) mass is 246 g/mol. The molecule has 1 aromatic carbocycles. The van der Waals surface area contributed by atoms with Crippen LogP contribution in [-0.2, 0) is 0 Å². The number of nitrogens with zero attached hydrogens (tertiary/aromatic N) is 3. The van der Waals surface area contributed by atoms with Gasteiger partial charge in [-0.2, -0.15) is 0 Å². The van der Waals surface area contributed by atoms with Gasteiger partial charge in [-0.25, -0.2) is 14.4 Å². The summed E-state index contributed by atoms with van der Waals surface area (Å²) in [6.45, 7) is 1.26. The van der Waals surface area contributed by atoms with Crippen LogP contribution in [0.25, 0.3) is 11.4 Å². The summed E-state index contributed by atoms with van der Waals surface area (Å²) < 4.78 is 13.2. The maximum Gasteiger partial charge on any atom is 0.161 e. The van der Waals surface area contributed by atoms with E-state index in [-0.39, 0.29) is 5.82 Å². The molecule has 0 atom stereocenters. The minimum Gasteiger partial charge on any atom is -0.358 e. The van der Waals surface area contributed by atoms with Crippen molar-refractivity contribution in [3.63, 3.8) is 0 Å². The van der Waals surface area contributed by atoms with Gasteiger partial charge in [0.25, 0.3) is 0 Å². The first-order valence-electron chi connectivity index (χ1n) is 5.71. The summed E-state index contributed by atoms with van der Waals surface area (Å²) in [6, 6.07) is 8.05. The van der Waals surface area contributed by atoms with Crippen LogP contribution < -0.4 is 10.6 Å². The lowest BCUT2D eigenvalue weighted by atomic mass is 10.2. The minimum atomic E-state index is -0.295. The second-order valence-electron chi connectivity index (χ2n) is 3.96. The predicted molar refractivity (Wildman–Crippen MR) is 69.8 cm³/mol. The summed E-state index contributed by atoms with van der Waals surface area (Å²) in [7, 11) is 1.91. The van der Waals surface area contributed by atoms with Crippen LogP contribution in [0.15, 0.2) is 36.5 Å². The van der Waals surface area contributed by atoms with Crippen molar-refractivity contribution in [2.45, 2.75) is 0 Å². The van der Waals surface area contributed by atoms with Gasteiger partial charge in [-0.1, -0.05) is 12.1 Å². The first kappa shape index (κ1) is 12.4. The molecule has 0 saturated heterocycles. The average Bonchev–Trinajstić information content (AvgIpc) is 2.39. The van der Waals surface area contributed by atoms with Gasteiger partial charge in [-0.3, -0.25) is 0 Å². The van der Waals surface area contributed by atoms with Crippen LogP contribution in [-0.4, -0.2) is 30.1 Å². The number of hydrogen-bond donors (Lipinski definition) is 1. The van der Waals surface area contributed by atoms with E-state index in [4.69, 9.17) is 5.73 Å². The van der Waals surface area contributed by atoms with Crippen LogP contribution in [0.4, 0.5) is 10.2 Å². The van der Waals surface area contributed by atoms with Crippen molar-refractivity contribution < 1.29 is 4.39 Å². The molecule has 0 bridgehead atoms. The van der Waals surface area contributed by atoms with Gasteiger partial charge in [-0.15, -0.1) is 0 Å². The molecule has 0 radical (unpaired) electrons. The Balaban J connectivity index is 2.32. The van der Waals surface area contributed by atoms with Gasteiger partial charge in [0.1, 0.15) is 11.6 Å². The summed E-state index contributed by atoms with van der Waals surface area (Å²) in [6.07, 6.45) is 1.66. The molecule has 2 aromatic rings. The largest absolute Gasteiger partial charge is 0.358 e. The Morgan fingerprint density at radius 3 is 2.89 bits per heavy atom. The van der Waals surface area contributed by atoms with Gasteiger partial charge in [0.05, 0.1) is 0 Å². The maximum absolute atomic E-state index is 13.2. The van der Waals surface area contributed by atoms with Gasteiger partial charge in [-0.05, 0) is 18.2 Å². The van der Waals surface area contributed by atoms with Crippen molar-refractivity contribution in [2.75, 3.05) is 25.0 Å². The fraction of sp³-hybridized carbons (Fsp3) is 0.231. The molecule has 94 valence electrons. The summed E-state index contributed by atoms with van der Waals surface area (Å²) in [5, 5.41) is 0. The lowest BCUT2D eigenvalue weighted by Crippen LogP contribution is -2.25. The lowest BCUT2D eigenvalue weighted by molar-refractivity contribution is 0.628. The molecule has 4 nitrogen and oxygen atoms in total. The molecule has 0 spiro atoms. The second-order valence-corrected chi connectivity index (χ2v) is 3.96. The van der Waals surface area contributed by atoms with Crippen LogP contribution in [0, 0.1) is 5.82 Å². The molecule has 0 aliphatic rings. The third-order valence-corrected chi connectivity index (χ3v) is 2.58. The Morgan fingerprint density at radius 1 is 1.33 bits per heavy atom. The summed E-state index contributed by atoms with van der Waals surface area (Å²) in [5.74, 6) is 0.988. The van der Waals surface area contributed by atoms with Crippen LogP contribution in [0.3, 0.4) is 0 Å². The Labute approximate surface area is 105 Å². The first-order valence-corrected chi connectivity index (χ1v) is 5.71. The predicted octanol–water partition coefficient (Wildman–Crippen LogP) is 1.68. The normalized spacial score (nSPS) is 10.4. The fourth-order valence-corrected chi connectivity index (χ4v) is 1.64. The third-order valence-electron chi connectivity index (χ3n) is 2.58. The first-order chi connectivity index (χ1) is 8.70. The molecule has 0 aliphatic heterocycles. The number of rotatable bonds is 4. The molecule has 18 heavy (non-hydrogen) atoms. The van der Waals surface area contributed by atoms with Crippen molar-refractivity contribution >= 4 is 5.82 Å². The number of benzene rings is 1. The molecule has 2 rings (SSSR count). The number of aromatic nitrogens is 2. The van der Waals surface area contributed by atoms with Crippen molar-refractivity contribution in [3.8, 4) is 11.4 Å². The van der Waals surface area contributed by atoms with E-state index in [2.05, 4.69) is 9.97 Å². The highest BCUT2D eigenvalue weighted by Crippen LogP contribution is 2.18. The van der Waals surface area contributed by atoms with E-state index in [0.29, 0.717) is 24.5 Å². The molecular formula is C13H15FN4. The lowest BCUT2D eigenvalue weighted by Gasteiger charge is -2.17. The van der Waals surface area contributed by atoms with E-state index < -0.39 is 0 Å². The molecule has 0 amide bonds. The Bertz CT molecular complexity index is 530. The number of anilines is 1. The summed E-state index contributed by atoms with van der Waals surface area (Å²) in [5.41, 5.74) is 6.17. The number of halogens is 1. The van der Waals surface area contributed by atoms with Crippen LogP contribution >= 0.6 is 0 Å². The highest BCUT2D eigenvalue weighted by molar-refractivity contribution is 5.57. The molecule has 0 saturated carbocycles. The standard InChI is InChI=1S/C13H15FN4/c1-18(8-6-15)12-5-7-16-13(17-12)10-3-2-4-11(14)9-10/h2-5,7,9H,6,8,15H2,1H3. The third kappa shape index (κ3) is 2.81. The maximum atomic E-state index is 13.2. The Morgan fingerprint density at radius 2 is 2.17 bits per heavy atom. The molecule has 0 aliphatic carbocycles. The zero-order chi connectivity index (χ0) is 13.0. The van der Waals surface area contributed by atoms with Crippen molar-refractivity contribution in [1.82, 2.24) is 9.97 Å². The van der Waals surface area contributed by atoms with Gasteiger partial charge in [0.2, 0.25) is 0 Å². The molecule has 1 heterocycles. The quantitative estimate of drug-likeness (QED) is 0.891. The molecule has 0 unspecified atom stereocenters. The van der Waals surface area contributed by atoms with E-state index in [1.807, 2.05) is 11.9 Å². The van der Waals surface area contributed by atoms with Crippen LogP contribution in [0.2, 0.25) is 0 Å². The van der Waals surface area contributed by atoms with E-state index in [1.165, 1.54) is 12.1 Å². The molecule has 5 heteroatoms. The Kier molecular flexibility index (Phi) is 3.84.